The highest BCUT2D eigenvalue weighted by molar-refractivity contribution is 5.91. The molecule has 0 aromatic carbocycles. The molecule has 2 heterocycles. The number of nitrogens with one attached hydrogen (secondary N) is 2. The first-order valence-electron chi connectivity index (χ1n) is 7.63. The van der Waals surface area contributed by atoms with E-state index in [4.69, 9.17) is 4.42 Å². The van der Waals surface area contributed by atoms with Crippen LogP contribution in [0.4, 0.5) is 0 Å². The summed E-state index contributed by atoms with van der Waals surface area (Å²) in [6.07, 6.45) is 3.73. The Labute approximate surface area is 124 Å². The predicted octanol–water partition coefficient (Wildman–Crippen LogP) is -0.713. The fourth-order valence-electron chi connectivity index (χ4n) is 2.73. The highest BCUT2D eigenvalue weighted by Gasteiger charge is 2.34. The zero-order chi connectivity index (χ0) is 14.8. The van der Waals surface area contributed by atoms with Gasteiger partial charge in [-0.15, -0.1) is 0 Å². The molecule has 1 saturated carbocycles. The van der Waals surface area contributed by atoms with Crippen molar-refractivity contribution in [3.05, 3.63) is 24.2 Å². The molecule has 0 unspecified atom stereocenters. The van der Waals surface area contributed by atoms with Gasteiger partial charge in [-0.1, -0.05) is 0 Å². The molecular weight excluding hydrogens is 270 g/mol. The highest BCUT2D eigenvalue weighted by atomic mass is 16.3. The van der Waals surface area contributed by atoms with Gasteiger partial charge in [-0.25, -0.2) is 0 Å². The van der Waals surface area contributed by atoms with Gasteiger partial charge in [-0.2, -0.15) is 0 Å². The molecule has 114 valence electrons. The van der Waals surface area contributed by atoms with E-state index in [9.17, 15) is 9.59 Å². The predicted molar refractivity (Wildman–Crippen MR) is 75.9 cm³/mol. The number of piperazine rings is 1. The minimum atomic E-state index is -0.0610. The van der Waals surface area contributed by atoms with Crippen LogP contribution in [-0.4, -0.2) is 55.0 Å². The largest absolute Gasteiger partial charge is 0.459 e. The van der Waals surface area contributed by atoms with Crippen molar-refractivity contribution in [2.24, 2.45) is 0 Å². The van der Waals surface area contributed by atoms with E-state index < -0.39 is 0 Å². The van der Waals surface area contributed by atoms with Crippen molar-refractivity contribution in [1.29, 1.82) is 0 Å². The van der Waals surface area contributed by atoms with Crippen molar-refractivity contribution in [2.75, 3.05) is 26.2 Å². The second-order valence-electron chi connectivity index (χ2n) is 5.93. The average molecular weight is 292 g/mol. The number of amides is 2. The normalized spacial score (nSPS) is 21.1. The molecule has 3 rings (SSSR count). The Balaban J connectivity index is 1.50. The summed E-state index contributed by atoms with van der Waals surface area (Å²) in [5.41, 5.74) is 0. The lowest BCUT2D eigenvalue weighted by Crippen LogP contribution is -3.19. The van der Waals surface area contributed by atoms with Gasteiger partial charge in [-0.05, 0) is 31.9 Å². The molecule has 1 saturated heterocycles. The molecule has 1 aromatic heterocycles. The first-order chi connectivity index (χ1) is 10.1. The maximum Gasteiger partial charge on any atom is 0.289 e. The van der Waals surface area contributed by atoms with Gasteiger partial charge in [0.15, 0.2) is 11.8 Å². The van der Waals surface area contributed by atoms with E-state index in [-0.39, 0.29) is 17.9 Å². The van der Waals surface area contributed by atoms with Crippen LogP contribution in [0.1, 0.15) is 30.3 Å². The monoisotopic (exact) mass is 292 g/mol. The van der Waals surface area contributed by atoms with Gasteiger partial charge in [0, 0.05) is 6.04 Å². The molecule has 2 amide bonds. The summed E-state index contributed by atoms with van der Waals surface area (Å²) in [7, 11) is 0. The standard InChI is InChI=1S/C15H21N3O3/c1-11(14(19)16-12-4-5-12)17-6-8-18(9-7-17)15(20)13-3-2-10-21-13/h2-3,10-12H,4-9H2,1H3,(H,16,19)/p+1/t11-/m0/s1. The molecule has 0 bridgehead atoms. The summed E-state index contributed by atoms with van der Waals surface area (Å²) >= 11 is 0. The minimum absolute atomic E-state index is 0.0496. The van der Waals surface area contributed by atoms with Crippen molar-refractivity contribution in [3.8, 4) is 0 Å². The van der Waals surface area contributed by atoms with Crippen molar-refractivity contribution in [1.82, 2.24) is 10.2 Å². The molecular formula is C15H22N3O3+. The van der Waals surface area contributed by atoms with Crippen molar-refractivity contribution in [2.45, 2.75) is 31.8 Å². The number of hydrogen-bond donors (Lipinski definition) is 2. The third-order valence-corrected chi connectivity index (χ3v) is 4.35. The van der Waals surface area contributed by atoms with E-state index in [2.05, 4.69) is 5.32 Å². The molecule has 0 radical (unpaired) electrons. The smallest absolute Gasteiger partial charge is 0.289 e. The Hall–Kier alpha value is -1.82. The van der Waals surface area contributed by atoms with Crippen LogP contribution in [0, 0.1) is 0 Å². The number of rotatable bonds is 4. The lowest BCUT2D eigenvalue weighted by atomic mass is 10.2. The highest BCUT2D eigenvalue weighted by Crippen LogP contribution is 2.18. The zero-order valence-corrected chi connectivity index (χ0v) is 12.3. The second-order valence-corrected chi connectivity index (χ2v) is 5.93. The molecule has 6 nitrogen and oxygen atoms in total. The van der Waals surface area contributed by atoms with E-state index in [1.165, 1.54) is 11.2 Å². The Bertz CT molecular complexity index is 502. The number of quaternary nitrogens is 1. The number of furan rings is 1. The van der Waals surface area contributed by atoms with Crippen molar-refractivity contribution in [3.63, 3.8) is 0 Å². The van der Waals surface area contributed by atoms with Gasteiger partial charge in [0.25, 0.3) is 11.8 Å². The van der Waals surface area contributed by atoms with Crippen molar-refractivity contribution >= 4 is 11.8 Å². The van der Waals surface area contributed by atoms with E-state index in [1.54, 1.807) is 17.0 Å². The molecule has 2 N–H and O–H groups in total. The van der Waals surface area contributed by atoms with E-state index in [0.717, 1.165) is 25.9 Å². The number of carbonyl (C=O) groups excluding carboxylic acids is 2. The molecule has 6 heteroatoms. The van der Waals surface area contributed by atoms with Crippen LogP contribution in [0.2, 0.25) is 0 Å². The second kappa shape index (κ2) is 5.89. The lowest BCUT2D eigenvalue weighted by Gasteiger charge is -2.34. The van der Waals surface area contributed by atoms with Crippen LogP contribution in [0.25, 0.3) is 0 Å². The van der Waals surface area contributed by atoms with Crippen LogP contribution in [-0.2, 0) is 4.79 Å². The molecule has 21 heavy (non-hydrogen) atoms. The van der Waals surface area contributed by atoms with Crippen LogP contribution in [0.15, 0.2) is 22.8 Å². The topological polar surface area (TPSA) is 67.0 Å². The van der Waals surface area contributed by atoms with Gasteiger partial charge in [0.1, 0.15) is 0 Å². The summed E-state index contributed by atoms with van der Waals surface area (Å²) in [5, 5.41) is 3.05. The van der Waals surface area contributed by atoms with Crippen molar-refractivity contribution < 1.29 is 18.9 Å². The molecule has 1 atom stereocenters. The van der Waals surface area contributed by atoms with Gasteiger partial charge in [0.05, 0.1) is 32.4 Å². The molecule has 2 aliphatic rings. The van der Waals surface area contributed by atoms with Gasteiger partial charge in [0.2, 0.25) is 0 Å². The van der Waals surface area contributed by atoms with Crippen LogP contribution in [0.5, 0.6) is 0 Å². The van der Waals surface area contributed by atoms with Crippen LogP contribution >= 0.6 is 0 Å². The maximum absolute atomic E-state index is 12.2. The summed E-state index contributed by atoms with van der Waals surface area (Å²) in [6, 6.07) is 3.76. The van der Waals surface area contributed by atoms with Gasteiger partial charge >= 0.3 is 0 Å². The van der Waals surface area contributed by atoms with Crippen LogP contribution in [0.3, 0.4) is 0 Å². The molecule has 0 spiro atoms. The summed E-state index contributed by atoms with van der Waals surface area (Å²) in [4.78, 5) is 27.3. The molecule has 2 fully saturated rings. The van der Waals surface area contributed by atoms with Crippen LogP contribution < -0.4 is 10.2 Å². The van der Waals surface area contributed by atoms with Gasteiger partial charge < -0.3 is 19.5 Å². The first kappa shape index (κ1) is 14.1. The fraction of sp³-hybridized carbons (Fsp3) is 0.600. The van der Waals surface area contributed by atoms with Gasteiger partial charge in [-0.3, -0.25) is 9.59 Å². The average Bonchev–Trinajstić information content (AvgIpc) is 3.15. The summed E-state index contributed by atoms with van der Waals surface area (Å²) < 4.78 is 5.15. The number of nitrogens with zero attached hydrogens (tertiary/aromatic N) is 1. The number of hydrogen-bond acceptors (Lipinski definition) is 3. The molecule has 1 aromatic rings. The molecule has 1 aliphatic carbocycles. The Morgan fingerprint density at radius 1 is 1.38 bits per heavy atom. The number of carbonyl (C=O) groups is 2. The Morgan fingerprint density at radius 2 is 2.10 bits per heavy atom. The Morgan fingerprint density at radius 3 is 2.67 bits per heavy atom. The zero-order valence-electron chi connectivity index (χ0n) is 12.3. The first-order valence-corrected chi connectivity index (χ1v) is 7.63. The van der Waals surface area contributed by atoms with E-state index in [0.29, 0.717) is 24.9 Å². The molecule has 1 aliphatic heterocycles. The SMILES string of the molecule is C[C@@H](C(=O)NC1CC1)[NH+]1CCN(C(=O)c2ccco2)CC1. The fourth-order valence-corrected chi connectivity index (χ4v) is 2.73. The summed E-state index contributed by atoms with van der Waals surface area (Å²) in [5.74, 6) is 0.463. The Kier molecular flexibility index (Phi) is 3.96. The lowest BCUT2D eigenvalue weighted by molar-refractivity contribution is -0.917. The third-order valence-electron chi connectivity index (χ3n) is 4.35. The quantitative estimate of drug-likeness (QED) is 0.770. The summed E-state index contributed by atoms with van der Waals surface area (Å²) in [6.45, 7) is 4.89. The van der Waals surface area contributed by atoms with E-state index >= 15 is 0 Å². The van der Waals surface area contributed by atoms with E-state index in [1.807, 2.05) is 6.92 Å². The maximum atomic E-state index is 12.2. The minimum Gasteiger partial charge on any atom is -0.459 e. The third kappa shape index (κ3) is 3.26.